The number of ether oxygens (including phenoxy) is 4. The van der Waals surface area contributed by atoms with E-state index in [1.54, 1.807) is 6.92 Å². The van der Waals surface area contributed by atoms with E-state index in [4.69, 9.17) is 18.9 Å². The maximum atomic E-state index is 11.3. The largest absolute Gasteiger partial charge is 0.390 e. The fourth-order valence-corrected chi connectivity index (χ4v) is 11.7. The smallest absolute Gasteiger partial charge is 0.186 e. The molecule has 7 fully saturated rings. The molecule has 5 N–H and O–H groups in total. The zero-order chi connectivity index (χ0) is 29.9. The molecule has 9 heteroatoms. The van der Waals surface area contributed by atoms with Crippen LogP contribution in [0.15, 0.2) is 12.2 Å². The standard InChI is InChI=1S/C33H52O9/c1-15-8-11-33(39-14-15)16(2)25-23(42-33)12-21-18-6-7-20-27(36)22(34)13-24(32(20,5)19(18)9-10-31(21,25)4)41-30-29(38)28(37)26(35)17(3)40-30/h16-30,34-38H,1,6-14H2,2-5H3/t16-,17+,18+,19-,20-,21-,22-,23-,24+,25-,26-,27-,28-,29+,30-,31-,32+,33-/m0/s1. The first-order chi connectivity index (χ1) is 19.8. The van der Waals surface area contributed by atoms with Crippen molar-refractivity contribution in [3.05, 3.63) is 12.2 Å². The van der Waals surface area contributed by atoms with Crippen LogP contribution in [-0.4, -0.2) is 93.0 Å². The normalized spacial score (nSPS) is 61.0. The van der Waals surface area contributed by atoms with Crippen LogP contribution in [0.4, 0.5) is 0 Å². The fourth-order valence-electron chi connectivity index (χ4n) is 11.7. The van der Waals surface area contributed by atoms with Gasteiger partial charge in [0.25, 0.3) is 0 Å². The highest BCUT2D eigenvalue weighted by atomic mass is 16.7. The molecule has 3 heterocycles. The van der Waals surface area contributed by atoms with Crippen molar-refractivity contribution in [2.45, 2.75) is 140 Å². The first kappa shape index (κ1) is 30.1. The summed E-state index contributed by atoms with van der Waals surface area (Å²) < 4.78 is 25.7. The molecule has 0 aromatic heterocycles. The highest BCUT2D eigenvalue weighted by molar-refractivity contribution is 5.18. The fraction of sp³-hybridized carbons (Fsp3) is 0.939. The van der Waals surface area contributed by atoms with Crippen LogP contribution in [-0.2, 0) is 18.9 Å². The third-order valence-electron chi connectivity index (χ3n) is 13.9. The lowest BCUT2D eigenvalue weighted by molar-refractivity contribution is -0.334. The SMILES string of the molecule is C=C1CC[C@]2(OC1)O[C@H]1C[C@H]3[C@@H]4CC[C@H]5[C@H](O)[C@@H](O)C[C@@H](O[C@@H]6O[C@H](C)[C@H](O)[C@H](O)[C@H]6O)[C@]5(C)[C@H]4CC[C@]3(C)[C@H]1[C@@H]2C. The number of fused-ring (bicyclic) bond motifs is 7. The summed E-state index contributed by atoms with van der Waals surface area (Å²) >= 11 is 0. The Bertz CT molecular complexity index is 1060. The number of hydrogen-bond donors (Lipinski definition) is 5. The average Bonchev–Trinajstić information content (AvgIpc) is 3.40. The van der Waals surface area contributed by atoms with Gasteiger partial charge in [0.1, 0.15) is 18.3 Å². The topological polar surface area (TPSA) is 138 Å². The maximum Gasteiger partial charge on any atom is 0.186 e. The third kappa shape index (κ3) is 4.07. The summed E-state index contributed by atoms with van der Waals surface area (Å²) in [6, 6.07) is 0. The van der Waals surface area contributed by atoms with E-state index >= 15 is 0 Å². The molecule has 9 nitrogen and oxygen atoms in total. The zero-order valence-corrected chi connectivity index (χ0v) is 25.6. The first-order valence-electron chi connectivity index (χ1n) is 16.5. The van der Waals surface area contributed by atoms with Crippen molar-refractivity contribution in [2.75, 3.05) is 6.61 Å². The van der Waals surface area contributed by atoms with Crippen molar-refractivity contribution in [3.63, 3.8) is 0 Å². The maximum absolute atomic E-state index is 11.3. The summed E-state index contributed by atoms with van der Waals surface area (Å²) in [6.45, 7) is 13.4. The number of aliphatic hydroxyl groups is 5. The lowest BCUT2D eigenvalue weighted by Crippen LogP contribution is -2.66. The quantitative estimate of drug-likeness (QED) is 0.306. The van der Waals surface area contributed by atoms with Crippen LogP contribution in [0.5, 0.6) is 0 Å². The van der Waals surface area contributed by atoms with Gasteiger partial charge in [0.05, 0.1) is 37.1 Å². The first-order valence-corrected chi connectivity index (χ1v) is 16.5. The van der Waals surface area contributed by atoms with E-state index in [0.29, 0.717) is 30.3 Å². The van der Waals surface area contributed by atoms with E-state index in [1.165, 1.54) is 0 Å². The highest BCUT2D eigenvalue weighted by Crippen LogP contribution is 2.71. The van der Waals surface area contributed by atoms with Gasteiger partial charge in [-0.3, -0.25) is 0 Å². The molecule has 0 radical (unpaired) electrons. The predicted octanol–water partition coefficient (Wildman–Crippen LogP) is 2.51. The number of aliphatic hydroxyl groups excluding tert-OH is 5. The van der Waals surface area contributed by atoms with Crippen molar-refractivity contribution < 1.29 is 44.5 Å². The molecule has 0 aromatic carbocycles. The summed E-state index contributed by atoms with van der Waals surface area (Å²) in [4.78, 5) is 0. The van der Waals surface area contributed by atoms with Gasteiger partial charge in [0.2, 0.25) is 0 Å². The van der Waals surface area contributed by atoms with Crippen molar-refractivity contribution in [2.24, 2.45) is 46.3 Å². The Labute approximate surface area is 249 Å². The molecule has 7 rings (SSSR count). The second-order valence-electron chi connectivity index (χ2n) is 15.6. The van der Waals surface area contributed by atoms with Gasteiger partial charge in [-0.15, -0.1) is 0 Å². The van der Waals surface area contributed by atoms with E-state index in [-0.39, 0.29) is 29.8 Å². The molecule has 238 valence electrons. The van der Waals surface area contributed by atoms with Gasteiger partial charge in [-0.1, -0.05) is 32.9 Å². The second kappa shape index (κ2) is 10.2. The molecule has 18 atom stereocenters. The van der Waals surface area contributed by atoms with Gasteiger partial charge in [-0.25, -0.2) is 0 Å². The highest BCUT2D eigenvalue weighted by Gasteiger charge is 2.70. The van der Waals surface area contributed by atoms with Crippen LogP contribution >= 0.6 is 0 Å². The van der Waals surface area contributed by atoms with E-state index in [9.17, 15) is 25.5 Å². The number of hydrogen-bond acceptors (Lipinski definition) is 9. The average molecular weight is 593 g/mol. The van der Waals surface area contributed by atoms with Crippen LogP contribution in [0.1, 0.15) is 79.1 Å². The lowest BCUT2D eigenvalue weighted by atomic mass is 9.43. The minimum Gasteiger partial charge on any atom is -0.390 e. The molecular weight excluding hydrogens is 540 g/mol. The Morgan fingerprint density at radius 1 is 0.857 bits per heavy atom. The van der Waals surface area contributed by atoms with Gasteiger partial charge < -0.3 is 44.5 Å². The zero-order valence-electron chi connectivity index (χ0n) is 25.6. The minimum atomic E-state index is -1.41. The van der Waals surface area contributed by atoms with E-state index in [1.807, 2.05) is 0 Å². The Morgan fingerprint density at radius 2 is 1.62 bits per heavy atom. The molecule has 0 amide bonds. The van der Waals surface area contributed by atoms with Gasteiger partial charge >= 0.3 is 0 Å². The number of rotatable bonds is 2. The van der Waals surface area contributed by atoms with Crippen LogP contribution in [0.25, 0.3) is 0 Å². The van der Waals surface area contributed by atoms with Crippen molar-refractivity contribution in [3.8, 4) is 0 Å². The minimum absolute atomic E-state index is 0.136. The molecule has 0 aromatic rings. The van der Waals surface area contributed by atoms with Crippen LogP contribution < -0.4 is 0 Å². The van der Waals surface area contributed by atoms with Crippen molar-refractivity contribution >= 4 is 0 Å². The van der Waals surface area contributed by atoms with Gasteiger partial charge in [-0.05, 0) is 80.5 Å². The summed E-state index contributed by atoms with van der Waals surface area (Å²) in [5.41, 5.74) is 0.831. The third-order valence-corrected chi connectivity index (χ3v) is 13.9. The van der Waals surface area contributed by atoms with Crippen LogP contribution in [0.3, 0.4) is 0 Å². The van der Waals surface area contributed by atoms with E-state index in [2.05, 4.69) is 27.4 Å². The van der Waals surface area contributed by atoms with Crippen LogP contribution in [0, 0.1) is 46.3 Å². The predicted molar refractivity (Wildman–Crippen MR) is 152 cm³/mol. The van der Waals surface area contributed by atoms with Gasteiger partial charge in [0, 0.05) is 24.2 Å². The molecule has 0 bridgehead atoms. The van der Waals surface area contributed by atoms with E-state index < -0.39 is 60.2 Å². The summed E-state index contributed by atoms with van der Waals surface area (Å²) in [5, 5.41) is 53.7. The Morgan fingerprint density at radius 3 is 2.33 bits per heavy atom. The van der Waals surface area contributed by atoms with Crippen molar-refractivity contribution in [1.29, 1.82) is 0 Å². The van der Waals surface area contributed by atoms with E-state index in [0.717, 1.165) is 50.5 Å². The molecule has 3 aliphatic heterocycles. The van der Waals surface area contributed by atoms with Gasteiger partial charge in [0.15, 0.2) is 12.1 Å². The summed E-state index contributed by atoms with van der Waals surface area (Å²) in [6.07, 6.45) is -0.952. The molecule has 4 aliphatic carbocycles. The summed E-state index contributed by atoms with van der Waals surface area (Å²) in [5.74, 6) is 1.30. The molecular formula is C33H52O9. The Kier molecular flexibility index (Phi) is 7.29. The molecule has 7 aliphatic rings. The second-order valence-corrected chi connectivity index (χ2v) is 15.6. The monoisotopic (exact) mass is 592 g/mol. The van der Waals surface area contributed by atoms with Gasteiger partial charge in [-0.2, -0.15) is 0 Å². The molecule has 4 saturated carbocycles. The Balaban J connectivity index is 1.16. The molecule has 0 unspecified atom stereocenters. The lowest BCUT2D eigenvalue weighted by Gasteiger charge is -2.64. The Hall–Kier alpha value is -0.620. The van der Waals surface area contributed by atoms with Crippen molar-refractivity contribution in [1.82, 2.24) is 0 Å². The molecule has 3 saturated heterocycles. The molecule has 1 spiro atoms. The molecule has 42 heavy (non-hydrogen) atoms. The summed E-state index contributed by atoms with van der Waals surface area (Å²) in [7, 11) is 0. The van der Waals surface area contributed by atoms with Crippen LogP contribution in [0.2, 0.25) is 0 Å².